The average Bonchev–Trinajstić information content (AvgIpc) is 2.74. The maximum atomic E-state index is 12.1. The Morgan fingerprint density at radius 3 is 2.83 bits per heavy atom. The Kier molecular flexibility index (Phi) is 4.54. The van der Waals surface area contributed by atoms with Gasteiger partial charge in [0.2, 0.25) is 0 Å². The number of hydrogen-bond acceptors (Lipinski definition) is 2. The minimum atomic E-state index is -4.00. The highest BCUT2D eigenvalue weighted by atomic mass is 19.4. The van der Waals surface area contributed by atoms with E-state index < -0.39 is 12.6 Å². The summed E-state index contributed by atoms with van der Waals surface area (Å²) < 4.78 is 36.4. The zero-order chi connectivity index (χ0) is 13.2. The van der Waals surface area contributed by atoms with Crippen molar-refractivity contribution in [1.29, 1.82) is 0 Å². The Balaban J connectivity index is 1.79. The van der Waals surface area contributed by atoms with E-state index in [0.717, 1.165) is 19.6 Å². The standard InChI is InChI=1S/C13H23F3N2/c1-10(4-2-6-13(14,15)16)18-7-3-5-11-8-17-9-12(11)18/h10-12,17H,2-9H2,1H3. The maximum absolute atomic E-state index is 12.1. The number of rotatable bonds is 4. The second-order valence-electron chi connectivity index (χ2n) is 5.72. The molecule has 0 aromatic rings. The van der Waals surface area contributed by atoms with Gasteiger partial charge in [-0.25, -0.2) is 0 Å². The van der Waals surface area contributed by atoms with Gasteiger partial charge in [0.1, 0.15) is 0 Å². The van der Waals surface area contributed by atoms with Crippen molar-refractivity contribution in [3.8, 4) is 0 Å². The van der Waals surface area contributed by atoms with Crippen molar-refractivity contribution in [1.82, 2.24) is 10.2 Å². The van der Waals surface area contributed by atoms with Gasteiger partial charge in [0.15, 0.2) is 0 Å². The van der Waals surface area contributed by atoms with Crippen molar-refractivity contribution in [2.75, 3.05) is 19.6 Å². The molecule has 0 bridgehead atoms. The van der Waals surface area contributed by atoms with Gasteiger partial charge in [0.05, 0.1) is 0 Å². The molecule has 3 atom stereocenters. The minimum Gasteiger partial charge on any atom is -0.315 e. The molecular weight excluding hydrogens is 241 g/mol. The molecule has 2 aliphatic heterocycles. The predicted octanol–water partition coefficient (Wildman–Crippen LogP) is 2.79. The van der Waals surface area contributed by atoms with Gasteiger partial charge in [0, 0.05) is 25.0 Å². The number of hydrogen-bond donors (Lipinski definition) is 1. The molecule has 2 nitrogen and oxygen atoms in total. The summed E-state index contributed by atoms with van der Waals surface area (Å²) in [4.78, 5) is 2.44. The summed E-state index contributed by atoms with van der Waals surface area (Å²) in [6.07, 6.45) is -1.28. The fourth-order valence-corrected chi connectivity index (χ4v) is 3.41. The maximum Gasteiger partial charge on any atom is 0.389 e. The molecule has 0 spiro atoms. The van der Waals surface area contributed by atoms with Crippen molar-refractivity contribution in [2.45, 2.75) is 57.3 Å². The van der Waals surface area contributed by atoms with Crippen LogP contribution in [0.25, 0.3) is 0 Å². The van der Waals surface area contributed by atoms with Crippen molar-refractivity contribution in [2.24, 2.45) is 5.92 Å². The molecule has 1 N–H and O–H groups in total. The topological polar surface area (TPSA) is 15.3 Å². The third kappa shape index (κ3) is 3.60. The summed E-state index contributed by atoms with van der Waals surface area (Å²) >= 11 is 0. The van der Waals surface area contributed by atoms with E-state index in [1.54, 1.807) is 0 Å². The summed E-state index contributed by atoms with van der Waals surface area (Å²) in [5, 5.41) is 3.41. The largest absolute Gasteiger partial charge is 0.389 e. The van der Waals surface area contributed by atoms with Crippen LogP contribution in [0.5, 0.6) is 0 Å². The fourth-order valence-electron chi connectivity index (χ4n) is 3.41. The molecule has 0 aromatic heterocycles. The van der Waals surface area contributed by atoms with E-state index in [2.05, 4.69) is 17.1 Å². The first kappa shape index (κ1) is 14.1. The lowest BCUT2D eigenvalue weighted by Gasteiger charge is -2.41. The van der Waals surface area contributed by atoms with Crippen LogP contribution in [-0.4, -0.2) is 42.8 Å². The SMILES string of the molecule is CC(CCCC(F)(F)F)N1CCCC2CNCC21. The summed E-state index contributed by atoms with van der Waals surface area (Å²) in [5.41, 5.74) is 0. The molecule has 0 amide bonds. The normalized spacial score (nSPS) is 31.3. The number of alkyl halides is 3. The lowest BCUT2D eigenvalue weighted by molar-refractivity contribution is -0.136. The van der Waals surface area contributed by atoms with Crippen LogP contribution >= 0.6 is 0 Å². The molecule has 0 radical (unpaired) electrons. The van der Waals surface area contributed by atoms with Crippen LogP contribution in [0.4, 0.5) is 13.2 Å². The molecule has 2 aliphatic rings. The molecule has 18 heavy (non-hydrogen) atoms. The Morgan fingerprint density at radius 1 is 1.33 bits per heavy atom. The summed E-state index contributed by atoms with van der Waals surface area (Å²) in [7, 11) is 0. The summed E-state index contributed by atoms with van der Waals surface area (Å²) in [5.74, 6) is 0.712. The molecule has 0 saturated carbocycles. The van der Waals surface area contributed by atoms with Gasteiger partial charge in [-0.3, -0.25) is 4.90 Å². The van der Waals surface area contributed by atoms with E-state index in [9.17, 15) is 13.2 Å². The molecule has 2 heterocycles. The minimum absolute atomic E-state index is 0.256. The number of halogens is 3. The number of piperidine rings is 1. The molecule has 2 rings (SSSR count). The lowest BCUT2D eigenvalue weighted by atomic mass is 9.90. The number of fused-ring (bicyclic) bond motifs is 1. The Hall–Kier alpha value is -0.290. The first-order valence-corrected chi connectivity index (χ1v) is 7.00. The van der Waals surface area contributed by atoms with Crippen LogP contribution in [0.1, 0.15) is 39.0 Å². The molecule has 5 heteroatoms. The first-order chi connectivity index (χ1) is 8.47. The molecule has 106 valence electrons. The Morgan fingerprint density at radius 2 is 2.11 bits per heavy atom. The van der Waals surface area contributed by atoms with Gasteiger partial charge < -0.3 is 5.32 Å². The molecule has 0 aromatic carbocycles. The highest BCUT2D eigenvalue weighted by Crippen LogP contribution is 2.30. The fraction of sp³-hybridized carbons (Fsp3) is 1.00. The number of nitrogens with one attached hydrogen (secondary N) is 1. The number of nitrogens with zero attached hydrogens (tertiary/aromatic N) is 1. The highest BCUT2D eigenvalue weighted by molar-refractivity contribution is 4.93. The monoisotopic (exact) mass is 264 g/mol. The van der Waals surface area contributed by atoms with Gasteiger partial charge in [0.25, 0.3) is 0 Å². The van der Waals surface area contributed by atoms with Gasteiger partial charge >= 0.3 is 6.18 Å². The van der Waals surface area contributed by atoms with E-state index in [1.807, 2.05) is 0 Å². The van der Waals surface area contributed by atoms with Crippen LogP contribution in [0.3, 0.4) is 0 Å². The van der Waals surface area contributed by atoms with E-state index in [1.165, 1.54) is 12.8 Å². The van der Waals surface area contributed by atoms with Crippen LogP contribution in [0.2, 0.25) is 0 Å². The van der Waals surface area contributed by atoms with Gasteiger partial charge in [-0.1, -0.05) is 0 Å². The second kappa shape index (κ2) is 5.78. The average molecular weight is 264 g/mol. The number of likely N-dealkylation sites (tertiary alicyclic amines) is 1. The lowest BCUT2D eigenvalue weighted by Crippen LogP contribution is -2.49. The first-order valence-electron chi connectivity index (χ1n) is 7.00. The van der Waals surface area contributed by atoms with E-state index in [-0.39, 0.29) is 12.5 Å². The van der Waals surface area contributed by atoms with Crippen molar-refractivity contribution in [3.05, 3.63) is 0 Å². The van der Waals surface area contributed by atoms with Crippen LogP contribution < -0.4 is 5.32 Å². The predicted molar refractivity (Wildman–Crippen MR) is 65.5 cm³/mol. The van der Waals surface area contributed by atoms with Gasteiger partial charge in [-0.15, -0.1) is 0 Å². The summed E-state index contributed by atoms with van der Waals surface area (Å²) in [6.45, 7) is 5.22. The molecule has 0 aliphatic carbocycles. The third-order valence-electron chi connectivity index (χ3n) is 4.37. The van der Waals surface area contributed by atoms with Gasteiger partial charge in [-0.2, -0.15) is 13.2 Å². The van der Waals surface area contributed by atoms with Crippen LogP contribution in [0.15, 0.2) is 0 Å². The van der Waals surface area contributed by atoms with E-state index in [0.29, 0.717) is 18.4 Å². The van der Waals surface area contributed by atoms with Crippen molar-refractivity contribution < 1.29 is 13.2 Å². The Bertz CT molecular complexity index is 267. The van der Waals surface area contributed by atoms with E-state index >= 15 is 0 Å². The zero-order valence-corrected chi connectivity index (χ0v) is 11.0. The van der Waals surface area contributed by atoms with Crippen molar-refractivity contribution >= 4 is 0 Å². The van der Waals surface area contributed by atoms with Crippen LogP contribution in [-0.2, 0) is 0 Å². The molecule has 2 saturated heterocycles. The smallest absolute Gasteiger partial charge is 0.315 e. The third-order valence-corrected chi connectivity index (χ3v) is 4.37. The van der Waals surface area contributed by atoms with Crippen LogP contribution in [0, 0.1) is 5.92 Å². The molecule has 3 unspecified atom stereocenters. The second-order valence-corrected chi connectivity index (χ2v) is 5.72. The zero-order valence-electron chi connectivity index (χ0n) is 11.0. The summed E-state index contributed by atoms with van der Waals surface area (Å²) in [6, 6.07) is 0.833. The van der Waals surface area contributed by atoms with E-state index in [4.69, 9.17) is 0 Å². The Labute approximate surface area is 107 Å². The highest BCUT2D eigenvalue weighted by Gasteiger charge is 2.37. The van der Waals surface area contributed by atoms with Crippen molar-refractivity contribution in [3.63, 3.8) is 0 Å². The quantitative estimate of drug-likeness (QED) is 0.840. The molecule has 2 fully saturated rings. The molecular formula is C13H23F3N2. The van der Waals surface area contributed by atoms with Gasteiger partial charge in [-0.05, 0) is 51.6 Å².